The van der Waals surface area contributed by atoms with Crippen LogP contribution in [0.4, 0.5) is 22.0 Å². The number of hydrogen-bond acceptors (Lipinski definition) is 2. The molecule has 0 N–H and O–H groups in total. The van der Waals surface area contributed by atoms with Gasteiger partial charge in [0.05, 0.1) is 16.1 Å². The number of carbonyl (C=O) groups excluding carboxylic acids is 1. The highest BCUT2D eigenvalue weighted by atomic mass is 35.5. The Hall–Kier alpha value is -1.37. The maximum absolute atomic E-state index is 12.5. The van der Waals surface area contributed by atoms with Gasteiger partial charge in [0.2, 0.25) is 0 Å². The van der Waals surface area contributed by atoms with Crippen LogP contribution in [0.3, 0.4) is 0 Å². The summed E-state index contributed by atoms with van der Waals surface area (Å²) in [4.78, 5) is 11.1. The molecule has 0 aliphatic rings. The minimum absolute atomic E-state index is 0.437. The first-order valence-corrected chi connectivity index (χ1v) is 4.87. The van der Waals surface area contributed by atoms with Crippen LogP contribution in [0.25, 0.3) is 0 Å². The molecule has 0 fully saturated rings. The largest absolute Gasteiger partial charge is 0.432 e. The van der Waals surface area contributed by atoms with Gasteiger partial charge in [0.1, 0.15) is 0 Å². The summed E-state index contributed by atoms with van der Waals surface area (Å²) in [5.41, 5.74) is -1.78. The molecule has 8 heteroatoms. The van der Waals surface area contributed by atoms with Crippen LogP contribution >= 0.6 is 11.6 Å². The van der Waals surface area contributed by atoms with Crippen LogP contribution in [0.1, 0.15) is 22.8 Å². The predicted molar refractivity (Wildman–Crippen MR) is 53.1 cm³/mol. The molecule has 0 atom stereocenters. The molecule has 1 aromatic carbocycles. The fourth-order valence-corrected chi connectivity index (χ4v) is 1.57. The Balaban J connectivity index is 3.45. The zero-order valence-corrected chi connectivity index (χ0v) is 9.57. The molecule has 1 aromatic rings. The molecule has 0 radical (unpaired) electrons. The van der Waals surface area contributed by atoms with E-state index in [0.29, 0.717) is 6.07 Å². The lowest BCUT2D eigenvalue weighted by molar-refractivity contribution is -0.137. The van der Waals surface area contributed by atoms with Gasteiger partial charge in [-0.1, -0.05) is 11.6 Å². The topological polar surface area (TPSA) is 26.3 Å². The fraction of sp³-hybridized carbons (Fsp3) is 0.300. The third-order valence-corrected chi connectivity index (χ3v) is 2.36. The van der Waals surface area contributed by atoms with Crippen molar-refractivity contribution in [3.63, 3.8) is 0 Å². The maximum Gasteiger partial charge on any atom is 0.417 e. The lowest BCUT2D eigenvalue weighted by atomic mass is 10.1. The van der Waals surface area contributed by atoms with Gasteiger partial charge < -0.3 is 4.74 Å². The van der Waals surface area contributed by atoms with Gasteiger partial charge in [0.15, 0.2) is 11.5 Å². The van der Waals surface area contributed by atoms with Gasteiger partial charge in [-0.3, -0.25) is 4.79 Å². The molecule has 0 heterocycles. The molecule has 0 aromatic heterocycles. The molecule has 0 saturated heterocycles. The van der Waals surface area contributed by atoms with Crippen molar-refractivity contribution in [2.24, 2.45) is 0 Å². The summed E-state index contributed by atoms with van der Waals surface area (Å²) in [6, 6.07) is 1.28. The second kappa shape index (κ2) is 5.09. The number of Topliss-reactive ketones (excluding diaryl/α,β-unsaturated/α-hetero) is 1. The second-order valence-electron chi connectivity index (χ2n) is 3.24. The van der Waals surface area contributed by atoms with E-state index >= 15 is 0 Å². The Kier molecular flexibility index (Phi) is 4.16. The number of halogens is 6. The third kappa shape index (κ3) is 3.10. The standard InChI is InChI=1S/C10H6ClF5O2/c1-4(17)5-2-3-6(10(14,15)16)7(11)8(5)18-9(12)13/h2-3,9H,1H3. The first-order chi connectivity index (χ1) is 8.14. The molecule has 18 heavy (non-hydrogen) atoms. The number of ether oxygens (including phenoxy) is 1. The van der Waals surface area contributed by atoms with Gasteiger partial charge in [-0.05, 0) is 19.1 Å². The van der Waals surface area contributed by atoms with Gasteiger partial charge >= 0.3 is 12.8 Å². The van der Waals surface area contributed by atoms with Crippen molar-refractivity contribution >= 4 is 17.4 Å². The van der Waals surface area contributed by atoms with Crippen molar-refractivity contribution in [3.8, 4) is 5.75 Å². The Morgan fingerprint density at radius 2 is 1.89 bits per heavy atom. The van der Waals surface area contributed by atoms with Crippen molar-refractivity contribution in [1.82, 2.24) is 0 Å². The quantitative estimate of drug-likeness (QED) is 0.616. The smallest absolute Gasteiger partial charge is 0.417 e. The van der Waals surface area contributed by atoms with Crippen molar-refractivity contribution in [2.45, 2.75) is 19.7 Å². The molecule has 0 spiro atoms. The van der Waals surface area contributed by atoms with Crippen LogP contribution in [0.15, 0.2) is 12.1 Å². The Morgan fingerprint density at radius 1 is 1.33 bits per heavy atom. The Labute approximate surface area is 103 Å². The van der Waals surface area contributed by atoms with E-state index < -0.39 is 40.5 Å². The van der Waals surface area contributed by atoms with E-state index in [1.54, 1.807) is 0 Å². The van der Waals surface area contributed by atoms with E-state index in [9.17, 15) is 26.7 Å². The average Bonchev–Trinajstić information content (AvgIpc) is 2.17. The molecule has 0 aliphatic carbocycles. The van der Waals surface area contributed by atoms with Gasteiger partial charge in [-0.25, -0.2) is 0 Å². The van der Waals surface area contributed by atoms with Crippen LogP contribution in [-0.4, -0.2) is 12.4 Å². The number of rotatable bonds is 3. The number of alkyl halides is 5. The first kappa shape index (κ1) is 14.7. The van der Waals surface area contributed by atoms with Crippen LogP contribution in [-0.2, 0) is 6.18 Å². The van der Waals surface area contributed by atoms with E-state index in [0.717, 1.165) is 13.0 Å². The lowest BCUT2D eigenvalue weighted by Crippen LogP contribution is -2.12. The third-order valence-electron chi connectivity index (χ3n) is 1.99. The molecule has 1 rings (SSSR count). The second-order valence-corrected chi connectivity index (χ2v) is 3.61. The van der Waals surface area contributed by atoms with Crippen molar-refractivity contribution in [2.75, 3.05) is 0 Å². The summed E-state index contributed by atoms with van der Waals surface area (Å²) in [7, 11) is 0. The maximum atomic E-state index is 12.5. The van der Waals surface area contributed by atoms with E-state index in [-0.39, 0.29) is 0 Å². The molecule has 0 amide bonds. The molecule has 0 unspecified atom stereocenters. The SMILES string of the molecule is CC(=O)c1ccc(C(F)(F)F)c(Cl)c1OC(F)F. The Morgan fingerprint density at radius 3 is 2.28 bits per heavy atom. The highest BCUT2D eigenvalue weighted by Gasteiger charge is 2.36. The fourth-order valence-electron chi connectivity index (χ4n) is 1.26. The summed E-state index contributed by atoms with van der Waals surface area (Å²) in [6.07, 6.45) is -4.83. The van der Waals surface area contributed by atoms with E-state index in [2.05, 4.69) is 4.74 Å². The van der Waals surface area contributed by atoms with E-state index in [1.807, 2.05) is 0 Å². The summed E-state index contributed by atoms with van der Waals surface area (Å²) in [6.45, 7) is -2.39. The van der Waals surface area contributed by atoms with E-state index in [4.69, 9.17) is 11.6 Å². The Bertz CT molecular complexity index is 470. The summed E-state index contributed by atoms with van der Waals surface area (Å²) in [5, 5.41) is -1.06. The van der Waals surface area contributed by atoms with Crippen LogP contribution < -0.4 is 4.74 Å². The van der Waals surface area contributed by atoms with Crippen LogP contribution in [0.2, 0.25) is 5.02 Å². The summed E-state index contributed by atoms with van der Waals surface area (Å²) < 4.78 is 65.5. The number of carbonyl (C=O) groups is 1. The van der Waals surface area contributed by atoms with Gasteiger partial charge in [0, 0.05) is 0 Å². The molecule has 0 saturated carbocycles. The number of hydrogen-bond donors (Lipinski definition) is 0. The molecule has 0 aliphatic heterocycles. The zero-order valence-electron chi connectivity index (χ0n) is 8.82. The van der Waals surface area contributed by atoms with Gasteiger partial charge in [-0.15, -0.1) is 0 Å². The number of benzene rings is 1. The molecule has 0 bridgehead atoms. The van der Waals surface area contributed by atoms with E-state index in [1.165, 1.54) is 0 Å². The average molecular weight is 289 g/mol. The highest BCUT2D eigenvalue weighted by molar-refractivity contribution is 6.33. The summed E-state index contributed by atoms with van der Waals surface area (Å²) >= 11 is 5.36. The monoisotopic (exact) mass is 288 g/mol. The summed E-state index contributed by atoms with van der Waals surface area (Å²) in [5.74, 6) is -1.70. The van der Waals surface area contributed by atoms with Crippen molar-refractivity contribution < 1.29 is 31.5 Å². The highest BCUT2D eigenvalue weighted by Crippen LogP contribution is 2.41. The minimum atomic E-state index is -4.83. The predicted octanol–water partition coefficient (Wildman–Crippen LogP) is 4.16. The molecular formula is C10H6ClF5O2. The van der Waals surface area contributed by atoms with Crippen molar-refractivity contribution in [3.05, 3.63) is 28.3 Å². The number of ketones is 1. The first-order valence-electron chi connectivity index (χ1n) is 4.50. The lowest BCUT2D eigenvalue weighted by Gasteiger charge is -2.15. The zero-order chi connectivity index (χ0) is 14.1. The van der Waals surface area contributed by atoms with Crippen molar-refractivity contribution in [1.29, 1.82) is 0 Å². The van der Waals surface area contributed by atoms with Crippen LogP contribution in [0, 0.1) is 0 Å². The molecule has 2 nitrogen and oxygen atoms in total. The van der Waals surface area contributed by atoms with Crippen LogP contribution in [0.5, 0.6) is 5.75 Å². The molecule has 100 valence electrons. The minimum Gasteiger partial charge on any atom is -0.432 e. The van der Waals surface area contributed by atoms with Gasteiger partial charge in [-0.2, -0.15) is 22.0 Å². The van der Waals surface area contributed by atoms with Gasteiger partial charge in [0.25, 0.3) is 0 Å². The molecular weight excluding hydrogens is 283 g/mol. The normalized spacial score (nSPS) is 11.8.